The summed E-state index contributed by atoms with van der Waals surface area (Å²) < 4.78 is 3.87. The zero-order valence-electron chi connectivity index (χ0n) is 23.5. The van der Waals surface area contributed by atoms with Gasteiger partial charge in [0.2, 0.25) is 0 Å². The van der Waals surface area contributed by atoms with Crippen LogP contribution in [0.15, 0.2) is 108 Å². The van der Waals surface area contributed by atoms with Crippen LogP contribution < -0.4 is 0 Å². The number of benzene rings is 4. The quantitative estimate of drug-likeness (QED) is 0.202. The van der Waals surface area contributed by atoms with Crippen LogP contribution in [0.4, 0.5) is 0 Å². The third kappa shape index (κ3) is 3.88. The third-order valence-electron chi connectivity index (χ3n) is 10.1. The van der Waals surface area contributed by atoms with Crippen LogP contribution in [-0.4, -0.2) is 0 Å². The number of rotatable bonds is 7. The normalized spacial score (nSPS) is 24.6. The van der Waals surface area contributed by atoms with Crippen molar-refractivity contribution in [3.8, 4) is 22.3 Å². The predicted octanol–water partition coefficient (Wildman–Crippen LogP) is 11.2. The van der Waals surface area contributed by atoms with Gasteiger partial charge in [-0.15, -0.1) is 0 Å². The van der Waals surface area contributed by atoms with Gasteiger partial charge in [-0.3, -0.25) is 0 Å². The molecule has 0 radical (unpaired) electrons. The van der Waals surface area contributed by atoms with Gasteiger partial charge in [0.1, 0.15) is 0 Å². The van der Waals surface area contributed by atoms with Crippen LogP contribution in [-0.2, 0) is 20.3 Å². The summed E-state index contributed by atoms with van der Waals surface area (Å²) in [4.78, 5) is 0. The van der Waals surface area contributed by atoms with E-state index in [0.717, 1.165) is 16.5 Å². The van der Waals surface area contributed by atoms with Gasteiger partial charge >= 0.3 is 240 Å². The molecule has 0 bridgehead atoms. The first-order valence-electron chi connectivity index (χ1n) is 15.0. The van der Waals surface area contributed by atoms with Gasteiger partial charge in [-0.25, -0.2) is 0 Å². The van der Waals surface area contributed by atoms with Gasteiger partial charge in [0.05, 0.1) is 0 Å². The molecule has 39 heavy (non-hydrogen) atoms. The number of allylic oxidation sites excluding steroid dienone is 2. The molecule has 0 nitrogen and oxygen atoms in total. The molecular formula is C38H38Zr. The van der Waals surface area contributed by atoms with Gasteiger partial charge in [-0.2, -0.15) is 0 Å². The molecule has 7 rings (SSSR count). The third-order valence-corrected chi connectivity index (χ3v) is 25.6. The molecule has 3 atom stereocenters. The Labute approximate surface area is 238 Å². The first-order valence-corrected chi connectivity index (χ1v) is 21.0. The van der Waals surface area contributed by atoms with E-state index >= 15 is 0 Å². The summed E-state index contributed by atoms with van der Waals surface area (Å²) in [6.07, 6.45) is 8.92. The Morgan fingerprint density at radius 2 is 1.03 bits per heavy atom. The molecule has 4 aromatic rings. The second-order valence-electron chi connectivity index (χ2n) is 11.8. The molecule has 3 aliphatic rings. The fourth-order valence-corrected chi connectivity index (χ4v) is 29.3. The van der Waals surface area contributed by atoms with E-state index in [1.807, 2.05) is 0 Å². The average molecular weight is 586 g/mol. The van der Waals surface area contributed by atoms with Crippen molar-refractivity contribution in [1.29, 1.82) is 0 Å². The van der Waals surface area contributed by atoms with Crippen LogP contribution in [0, 0.1) is 0 Å². The van der Waals surface area contributed by atoms with E-state index in [0.29, 0.717) is 7.25 Å². The Morgan fingerprint density at radius 1 is 0.564 bits per heavy atom. The van der Waals surface area contributed by atoms with Crippen molar-refractivity contribution >= 4 is 12.2 Å². The van der Waals surface area contributed by atoms with Crippen LogP contribution >= 0.6 is 0 Å². The van der Waals surface area contributed by atoms with E-state index in [2.05, 4.69) is 130 Å². The van der Waals surface area contributed by atoms with Gasteiger partial charge in [0.25, 0.3) is 0 Å². The predicted molar refractivity (Wildman–Crippen MR) is 165 cm³/mol. The van der Waals surface area contributed by atoms with E-state index in [-0.39, 0.29) is 0 Å². The van der Waals surface area contributed by atoms with Crippen molar-refractivity contribution in [3.05, 3.63) is 130 Å². The van der Waals surface area contributed by atoms with Gasteiger partial charge in [-0.1, -0.05) is 0 Å². The summed E-state index contributed by atoms with van der Waals surface area (Å²) in [7, 11) is 0. The maximum absolute atomic E-state index is 2.81. The monoisotopic (exact) mass is 584 g/mol. The first-order chi connectivity index (χ1) is 19.2. The standard InChI is InChI=1S/2C17H15.C4H8.Zr/c2*1-2-13-11-15-9-6-10-16(17(15)12-13)14-7-4-3-5-8-14;1-3-4-2;/h2*3-12H,2H2,1H3;3H,1,4H2,2H3;. The zero-order chi connectivity index (χ0) is 26.6. The van der Waals surface area contributed by atoms with Crippen LogP contribution in [0.1, 0.15) is 69.5 Å². The van der Waals surface area contributed by atoms with Crippen LogP contribution in [0.25, 0.3) is 34.4 Å². The summed E-state index contributed by atoms with van der Waals surface area (Å²) in [5.74, 6) is 0. The summed E-state index contributed by atoms with van der Waals surface area (Å²) >= 11 is -2.81. The molecular weight excluding hydrogens is 548 g/mol. The van der Waals surface area contributed by atoms with Crippen molar-refractivity contribution in [2.45, 2.75) is 55.0 Å². The van der Waals surface area contributed by atoms with Crippen molar-refractivity contribution in [1.82, 2.24) is 0 Å². The second kappa shape index (κ2) is 10.0. The molecule has 0 spiro atoms. The molecule has 0 aromatic heterocycles. The second-order valence-corrected chi connectivity index (χ2v) is 23.1. The maximum atomic E-state index is 2.62. The minimum atomic E-state index is -2.81. The molecule has 1 heterocycles. The average Bonchev–Trinajstić information content (AvgIpc) is 3.39. The first kappa shape index (κ1) is 25.2. The van der Waals surface area contributed by atoms with E-state index in [1.54, 1.807) is 22.3 Å². The van der Waals surface area contributed by atoms with Crippen molar-refractivity contribution < 1.29 is 20.3 Å². The van der Waals surface area contributed by atoms with Gasteiger partial charge in [0, 0.05) is 0 Å². The number of hydrogen-bond acceptors (Lipinski definition) is 0. The SMILES string of the molecule is CCC1=Cc2c(-c3ccccc3)cccc2[CH]1[Zr]1([CH]2C(CC)=Cc3c(-c4ccccc4)cccc32)[CH2][CH]1CC. The molecule has 1 aliphatic heterocycles. The fraction of sp³-hybridized carbons (Fsp3) is 0.263. The Balaban J connectivity index is 1.40. The van der Waals surface area contributed by atoms with Crippen LogP contribution in [0.2, 0.25) is 7.75 Å². The molecule has 194 valence electrons. The van der Waals surface area contributed by atoms with Crippen molar-refractivity contribution in [2.75, 3.05) is 0 Å². The molecule has 0 N–H and O–H groups in total. The molecule has 2 aliphatic carbocycles. The van der Waals surface area contributed by atoms with Gasteiger partial charge in [0.15, 0.2) is 0 Å². The summed E-state index contributed by atoms with van der Waals surface area (Å²) in [6.45, 7) is 7.28. The Kier molecular flexibility index (Phi) is 6.48. The molecule has 1 saturated heterocycles. The Morgan fingerprint density at radius 3 is 1.41 bits per heavy atom. The molecule has 0 amide bonds. The fourth-order valence-electron chi connectivity index (χ4n) is 8.32. The van der Waals surface area contributed by atoms with Crippen molar-refractivity contribution in [2.24, 2.45) is 0 Å². The Hall–Kier alpha value is -2.76. The molecule has 1 fully saturated rings. The molecule has 1 heteroatoms. The van der Waals surface area contributed by atoms with Crippen molar-refractivity contribution in [3.63, 3.8) is 0 Å². The number of hydrogen-bond donors (Lipinski definition) is 0. The van der Waals surface area contributed by atoms with Gasteiger partial charge in [-0.05, 0) is 0 Å². The van der Waals surface area contributed by atoms with Crippen LogP contribution in [0.5, 0.6) is 0 Å². The summed E-state index contributed by atoms with van der Waals surface area (Å²) in [5.41, 5.74) is 15.3. The summed E-state index contributed by atoms with van der Waals surface area (Å²) in [6, 6.07) is 36.5. The molecule has 0 saturated carbocycles. The summed E-state index contributed by atoms with van der Waals surface area (Å²) in [5, 5.41) is 0. The van der Waals surface area contributed by atoms with Gasteiger partial charge < -0.3 is 0 Å². The molecule has 3 unspecified atom stereocenters. The Bertz CT molecular complexity index is 1480. The number of fused-ring (bicyclic) bond motifs is 2. The van der Waals surface area contributed by atoms with E-state index < -0.39 is 20.3 Å². The van der Waals surface area contributed by atoms with Crippen LogP contribution in [0.3, 0.4) is 0 Å². The topological polar surface area (TPSA) is 0 Å². The van der Waals surface area contributed by atoms with E-state index in [4.69, 9.17) is 0 Å². The molecule has 4 aromatic carbocycles. The zero-order valence-corrected chi connectivity index (χ0v) is 25.9. The van der Waals surface area contributed by atoms with E-state index in [9.17, 15) is 0 Å². The van der Waals surface area contributed by atoms with E-state index in [1.165, 1.54) is 43.9 Å². The minimum absolute atomic E-state index is 0.694.